The minimum absolute atomic E-state index is 0.494. The van der Waals surface area contributed by atoms with Crippen molar-refractivity contribution in [3.63, 3.8) is 0 Å². The molecule has 1 aromatic heterocycles. The minimum atomic E-state index is 0.494. The quantitative estimate of drug-likeness (QED) is 0.817. The fraction of sp³-hybridized carbons (Fsp3) is 0.154. The first-order chi connectivity index (χ1) is 8.22. The van der Waals surface area contributed by atoms with Crippen molar-refractivity contribution in [2.45, 2.75) is 6.54 Å². The van der Waals surface area contributed by atoms with Crippen LogP contribution in [0.2, 0.25) is 0 Å². The predicted molar refractivity (Wildman–Crippen MR) is 66.4 cm³/mol. The van der Waals surface area contributed by atoms with E-state index in [2.05, 4.69) is 6.07 Å². The Morgan fingerprint density at radius 3 is 2.82 bits per heavy atom. The summed E-state index contributed by atoms with van der Waals surface area (Å²) in [6.45, 7) is 0.617. The number of nitriles is 1. The van der Waals surface area contributed by atoms with Crippen molar-refractivity contribution in [3.8, 4) is 6.07 Å². The van der Waals surface area contributed by atoms with Crippen LogP contribution < -0.4 is 10.6 Å². The Balaban J connectivity index is 2.25. The molecule has 86 valence electrons. The molecule has 17 heavy (non-hydrogen) atoms. The molecule has 1 heterocycles. The van der Waals surface area contributed by atoms with E-state index in [1.807, 2.05) is 36.2 Å². The second-order valence-corrected chi connectivity index (χ2v) is 3.79. The molecule has 4 heteroatoms. The van der Waals surface area contributed by atoms with Crippen molar-refractivity contribution < 1.29 is 4.42 Å². The van der Waals surface area contributed by atoms with Crippen molar-refractivity contribution in [2.24, 2.45) is 0 Å². The van der Waals surface area contributed by atoms with Gasteiger partial charge in [0, 0.05) is 7.05 Å². The van der Waals surface area contributed by atoms with Gasteiger partial charge in [-0.25, -0.2) is 0 Å². The third-order valence-electron chi connectivity index (χ3n) is 2.59. The van der Waals surface area contributed by atoms with Gasteiger partial charge in [0.1, 0.15) is 11.8 Å². The average molecular weight is 227 g/mol. The smallest absolute Gasteiger partial charge is 0.123 e. The van der Waals surface area contributed by atoms with Gasteiger partial charge in [0.15, 0.2) is 0 Å². The van der Waals surface area contributed by atoms with Crippen LogP contribution in [0.3, 0.4) is 0 Å². The van der Waals surface area contributed by atoms with Crippen LogP contribution in [0.5, 0.6) is 0 Å². The summed E-state index contributed by atoms with van der Waals surface area (Å²) in [5.41, 5.74) is 7.76. The molecule has 1 aromatic carbocycles. The van der Waals surface area contributed by atoms with Crippen LogP contribution in [0.1, 0.15) is 11.3 Å². The highest BCUT2D eigenvalue weighted by atomic mass is 16.3. The lowest BCUT2D eigenvalue weighted by Gasteiger charge is -2.20. The molecule has 0 fully saturated rings. The van der Waals surface area contributed by atoms with Crippen molar-refractivity contribution >= 4 is 11.4 Å². The lowest BCUT2D eigenvalue weighted by molar-refractivity contribution is 0.507. The number of rotatable bonds is 3. The average Bonchev–Trinajstić information content (AvgIpc) is 2.82. The van der Waals surface area contributed by atoms with Crippen LogP contribution in [-0.2, 0) is 6.54 Å². The Hall–Kier alpha value is -2.41. The summed E-state index contributed by atoms with van der Waals surface area (Å²) in [4.78, 5) is 1.95. The molecule has 0 radical (unpaired) electrons. The lowest BCUT2D eigenvalue weighted by Crippen LogP contribution is -2.17. The Bertz CT molecular complexity index is 540. The second-order valence-electron chi connectivity index (χ2n) is 3.79. The van der Waals surface area contributed by atoms with Gasteiger partial charge in [-0.3, -0.25) is 0 Å². The molecule has 0 saturated heterocycles. The highest BCUT2D eigenvalue weighted by Gasteiger charge is 2.10. The standard InChI is InChI=1S/C13H13N3O/c1-16(9-11-5-3-7-17-11)12-6-2-4-10(8-14)13(12)15/h2-7H,9,15H2,1H3. The van der Waals surface area contributed by atoms with Crippen molar-refractivity contribution in [1.82, 2.24) is 0 Å². The molecule has 2 aromatic rings. The number of hydrogen-bond acceptors (Lipinski definition) is 4. The maximum absolute atomic E-state index is 8.91. The van der Waals surface area contributed by atoms with E-state index in [-0.39, 0.29) is 0 Å². The summed E-state index contributed by atoms with van der Waals surface area (Å²) < 4.78 is 5.27. The molecular formula is C13H13N3O. The third kappa shape index (κ3) is 2.23. The van der Waals surface area contributed by atoms with Crippen LogP contribution in [0, 0.1) is 11.3 Å². The van der Waals surface area contributed by atoms with Gasteiger partial charge in [-0.2, -0.15) is 5.26 Å². The summed E-state index contributed by atoms with van der Waals surface area (Å²) >= 11 is 0. The summed E-state index contributed by atoms with van der Waals surface area (Å²) in [6.07, 6.45) is 1.64. The van der Waals surface area contributed by atoms with E-state index in [0.29, 0.717) is 17.8 Å². The van der Waals surface area contributed by atoms with Gasteiger partial charge < -0.3 is 15.1 Å². The predicted octanol–water partition coefficient (Wildman–Crippen LogP) is 2.37. The molecule has 0 saturated carbocycles. The van der Waals surface area contributed by atoms with Crippen molar-refractivity contribution in [1.29, 1.82) is 5.26 Å². The highest BCUT2D eigenvalue weighted by Crippen LogP contribution is 2.26. The largest absolute Gasteiger partial charge is 0.467 e. The van der Waals surface area contributed by atoms with Gasteiger partial charge in [-0.15, -0.1) is 0 Å². The van der Waals surface area contributed by atoms with Gasteiger partial charge in [-0.05, 0) is 24.3 Å². The lowest BCUT2D eigenvalue weighted by atomic mass is 10.1. The molecule has 0 spiro atoms. The molecule has 2 N–H and O–H groups in total. The number of anilines is 2. The van der Waals surface area contributed by atoms with Gasteiger partial charge in [0.25, 0.3) is 0 Å². The van der Waals surface area contributed by atoms with Gasteiger partial charge in [-0.1, -0.05) is 6.07 Å². The zero-order valence-corrected chi connectivity index (χ0v) is 9.55. The van der Waals surface area contributed by atoms with E-state index in [9.17, 15) is 0 Å². The number of benzene rings is 1. The van der Waals surface area contributed by atoms with Gasteiger partial charge in [0.05, 0.1) is 29.7 Å². The molecule has 0 bridgehead atoms. The zero-order chi connectivity index (χ0) is 12.3. The second kappa shape index (κ2) is 4.62. The molecule has 0 unspecified atom stereocenters. The van der Waals surface area contributed by atoms with Crippen LogP contribution in [0.4, 0.5) is 11.4 Å². The van der Waals surface area contributed by atoms with Gasteiger partial charge >= 0.3 is 0 Å². The number of para-hydroxylation sites is 1. The molecule has 0 aliphatic heterocycles. The van der Waals surface area contributed by atoms with E-state index in [1.54, 1.807) is 12.3 Å². The maximum atomic E-state index is 8.91. The van der Waals surface area contributed by atoms with E-state index < -0.39 is 0 Å². The molecular weight excluding hydrogens is 214 g/mol. The fourth-order valence-corrected chi connectivity index (χ4v) is 1.70. The molecule has 0 aliphatic rings. The first kappa shape index (κ1) is 11.1. The van der Waals surface area contributed by atoms with E-state index in [0.717, 1.165) is 11.4 Å². The molecule has 0 amide bonds. The minimum Gasteiger partial charge on any atom is -0.467 e. The van der Waals surface area contributed by atoms with Crippen LogP contribution in [-0.4, -0.2) is 7.05 Å². The topological polar surface area (TPSA) is 66.2 Å². The number of hydrogen-bond donors (Lipinski definition) is 1. The van der Waals surface area contributed by atoms with Crippen molar-refractivity contribution in [2.75, 3.05) is 17.7 Å². The molecule has 4 nitrogen and oxygen atoms in total. The van der Waals surface area contributed by atoms with Crippen LogP contribution in [0.15, 0.2) is 41.0 Å². The summed E-state index contributed by atoms with van der Waals surface area (Å²) in [5, 5.41) is 8.91. The first-order valence-corrected chi connectivity index (χ1v) is 5.24. The Morgan fingerprint density at radius 2 is 2.18 bits per heavy atom. The highest BCUT2D eigenvalue weighted by molar-refractivity contribution is 5.73. The Labute approximate surface area is 99.9 Å². The van der Waals surface area contributed by atoms with Gasteiger partial charge in [0.2, 0.25) is 0 Å². The molecule has 2 rings (SSSR count). The molecule has 0 aliphatic carbocycles. The normalized spacial score (nSPS) is 9.88. The number of furan rings is 1. The van der Waals surface area contributed by atoms with Crippen LogP contribution in [0.25, 0.3) is 0 Å². The Kier molecular flexibility index (Phi) is 3.01. The van der Waals surface area contributed by atoms with Crippen molar-refractivity contribution in [3.05, 3.63) is 47.9 Å². The summed E-state index contributed by atoms with van der Waals surface area (Å²) in [7, 11) is 1.91. The SMILES string of the molecule is CN(Cc1ccco1)c1cccc(C#N)c1N. The van der Waals surface area contributed by atoms with E-state index in [4.69, 9.17) is 15.4 Å². The summed E-state index contributed by atoms with van der Waals surface area (Å²) in [6, 6.07) is 11.2. The zero-order valence-electron chi connectivity index (χ0n) is 9.55. The summed E-state index contributed by atoms with van der Waals surface area (Å²) in [5.74, 6) is 0.856. The first-order valence-electron chi connectivity index (χ1n) is 5.24. The van der Waals surface area contributed by atoms with E-state index >= 15 is 0 Å². The number of nitrogens with two attached hydrogens (primary N) is 1. The third-order valence-corrected chi connectivity index (χ3v) is 2.59. The molecule has 0 atom stereocenters. The maximum Gasteiger partial charge on any atom is 0.123 e. The van der Waals surface area contributed by atoms with E-state index in [1.165, 1.54) is 0 Å². The Morgan fingerprint density at radius 1 is 1.35 bits per heavy atom. The van der Waals surface area contributed by atoms with Crippen LogP contribution >= 0.6 is 0 Å². The number of nitrogens with zero attached hydrogens (tertiary/aromatic N) is 2. The monoisotopic (exact) mass is 227 g/mol. The fourth-order valence-electron chi connectivity index (χ4n) is 1.70. The number of nitrogen functional groups attached to an aromatic ring is 1.